The highest BCUT2D eigenvalue weighted by molar-refractivity contribution is 7.89. The number of hydrogen-bond donors (Lipinski definition) is 2. The number of halogens is 5. The van der Waals surface area contributed by atoms with Crippen molar-refractivity contribution in [2.45, 2.75) is 17.7 Å². The number of rotatable bonds is 7. The molecule has 0 spiro atoms. The highest BCUT2D eigenvalue weighted by Gasteiger charge is 2.32. The van der Waals surface area contributed by atoms with E-state index in [1.807, 2.05) is 0 Å². The first kappa shape index (κ1) is 24.9. The minimum atomic E-state index is -4.77. The number of nitrogens with one attached hydrogen (secondary N) is 1. The van der Waals surface area contributed by atoms with E-state index in [1.165, 1.54) is 30.3 Å². The Bertz CT molecular complexity index is 1300. The number of anilines is 1. The lowest BCUT2D eigenvalue weighted by molar-refractivity contribution is -0.137. The van der Waals surface area contributed by atoms with E-state index < -0.39 is 39.8 Å². The van der Waals surface area contributed by atoms with Gasteiger partial charge in [0.15, 0.2) is 0 Å². The Labute approximate surface area is 190 Å². The van der Waals surface area contributed by atoms with Gasteiger partial charge in [-0.2, -0.15) is 22.0 Å². The molecule has 3 N–H and O–H groups in total. The van der Waals surface area contributed by atoms with Gasteiger partial charge in [0.25, 0.3) is 5.91 Å². The molecule has 3 aromatic carbocycles. The summed E-state index contributed by atoms with van der Waals surface area (Å²) in [7, 11) is -4.09. The summed E-state index contributed by atoms with van der Waals surface area (Å²) in [6.45, 7) is -3.05. The molecule has 180 valence electrons. The first-order valence-corrected chi connectivity index (χ1v) is 10.8. The number of amides is 1. The molecule has 1 amide bonds. The highest BCUT2D eigenvalue weighted by Crippen LogP contribution is 2.35. The summed E-state index contributed by atoms with van der Waals surface area (Å²) < 4.78 is 96.9. The maximum atomic E-state index is 13.2. The van der Waals surface area contributed by atoms with Crippen LogP contribution in [-0.4, -0.2) is 20.9 Å². The van der Waals surface area contributed by atoms with Crippen molar-refractivity contribution in [2.24, 2.45) is 5.14 Å². The molecule has 0 radical (unpaired) electrons. The quantitative estimate of drug-likeness (QED) is 0.442. The van der Waals surface area contributed by atoms with Crippen LogP contribution in [0.25, 0.3) is 0 Å². The molecule has 0 fully saturated rings. The van der Waals surface area contributed by atoms with Crippen LogP contribution in [0, 0.1) is 0 Å². The summed E-state index contributed by atoms with van der Waals surface area (Å²) in [4.78, 5) is 12.5. The van der Waals surface area contributed by atoms with Crippen LogP contribution in [0.5, 0.6) is 17.2 Å². The third-order valence-corrected chi connectivity index (χ3v) is 5.16. The average Bonchev–Trinajstić information content (AvgIpc) is 2.74. The largest absolute Gasteiger partial charge is 0.457 e. The van der Waals surface area contributed by atoms with Crippen molar-refractivity contribution in [1.82, 2.24) is 0 Å². The van der Waals surface area contributed by atoms with E-state index in [1.54, 1.807) is 0 Å². The molecule has 0 saturated heterocycles. The predicted octanol–water partition coefficient (Wildman–Crippen LogP) is 5.00. The van der Waals surface area contributed by atoms with Crippen molar-refractivity contribution >= 4 is 21.6 Å². The molecule has 13 heteroatoms. The Hall–Kier alpha value is -3.71. The Balaban J connectivity index is 1.93. The summed E-state index contributed by atoms with van der Waals surface area (Å²) in [5.41, 5.74) is -1.71. The SMILES string of the molecule is NS(=O)(=O)c1cccc(NC(=O)c2cc(C(F)(F)F)ccc2Oc2ccc(OC(F)F)cc2)c1. The van der Waals surface area contributed by atoms with Crippen LogP contribution in [0.4, 0.5) is 27.6 Å². The monoisotopic (exact) mass is 502 g/mol. The van der Waals surface area contributed by atoms with Crippen LogP contribution in [0.15, 0.2) is 71.6 Å². The van der Waals surface area contributed by atoms with Gasteiger partial charge in [-0.25, -0.2) is 13.6 Å². The average molecular weight is 502 g/mol. The molecule has 0 bridgehead atoms. The lowest BCUT2D eigenvalue weighted by atomic mass is 10.1. The topological polar surface area (TPSA) is 108 Å². The van der Waals surface area contributed by atoms with Gasteiger partial charge in [0.2, 0.25) is 10.0 Å². The molecule has 3 aromatic rings. The summed E-state index contributed by atoms with van der Waals surface area (Å²) in [6, 6.07) is 11.7. The van der Waals surface area contributed by atoms with Gasteiger partial charge in [-0.3, -0.25) is 4.79 Å². The maximum absolute atomic E-state index is 13.2. The summed E-state index contributed by atoms with van der Waals surface area (Å²) >= 11 is 0. The third kappa shape index (κ3) is 6.42. The zero-order chi connectivity index (χ0) is 25.1. The number of primary sulfonamides is 1. The van der Waals surface area contributed by atoms with Gasteiger partial charge in [0.05, 0.1) is 16.0 Å². The molecule has 0 aliphatic heterocycles. The van der Waals surface area contributed by atoms with Crippen LogP contribution in [0.2, 0.25) is 0 Å². The van der Waals surface area contributed by atoms with E-state index in [9.17, 15) is 35.2 Å². The zero-order valence-electron chi connectivity index (χ0n) is 16.8. The molecular formula is C21H15F5N2O5S. The number of nitrogens with two attached hydrogens (primary N) is 1. The second kappa shape index (κ2) is 9.65. The van der Waals surface area contributed by atoms with E-state index in [0.29, 0.717) is 12.1 Å². The summed E-state index contributed by atoms with van der Waals surface area (Å²) in [6.07, 6.45) is -4.77. The lowest BCUT2D eigenvalue weighted by Gasteiger charge is -2.15. The van der Waals surface area contributed by atoms with Crippen molar-refractivity contribution < 1.29 is 44.6 Å². The second-order valence-electron chi connectivity index (χ2n) is 6.69. The molecule has 0 heterocycles. The van der Waals surface area contributed by atoms with Crippen LogP contribution in [0.3, 0.4) is 0 Å². The van der Waals surface area contributed by atoms with E-state index in [4.69, 9.17) is 9.88 Å². The second-order valence-corrected chi connectivity index (χ2v) is 8.25. The normalized spacial score (nSPS) is 11.9. The molecule has 0 saturated carbocycles. The van der Waals surface area contributed by atoms with Crippen molar-refractivity contribution in [1.29, 1.82) is 0 Å². The van der Waals surface area contributed by atoms with Gasteiger partial charge in [0.1, 0.15) is 17.2 Å². The maximum Gasteiger partial charge on any atom is 0.416 e. The van der Waals surface area contributed by atoms with Crippen LogP contribution < -0.4 is 19.9 Å². The first-order valence-electron chi connectivity index (χ1n) is 9.21. The van der Waals surface area contributed by atoms with E-state index in [-0.39, 0.29) is 27.8 Å². The molecule has 34 heavy (non-hydrogen) atoms. The first-order chi connectivity index (χ1) is 15.8. The standard InChI is InChI=1S/C21H15F5N2O5S/c22-20(23)33-15-7-5-14(6-8-15)32-18-9-4-12(21(24,25)26)10-17(18)19(29)28-13-2-1-3-16(11-13)34(27,30)31/h1-11,20H,(H,28,29)(H2,27,30,31). The zero-order valence-corrected chi connectivity index (χ0v) is 17.7. The van der Waals surface area contributed by atoms with Gasteiger partial charge in [-0.1, -0.05) is 6.07 Å². The molecule has 0 unspecified atom stereocenters. The third-order valence-electron chi connectivity index (χ3n) is 4.25. The Kier molecular flexibility index (Phi) is 7.07. The number of carbonyl (C=O) groups excluding carboxylic acids is 1. The molecule has 0 aromatic heterocycles. The van der Waals surface area contributed by atoms with Crippen molar-refractivity contribution in [2.75, 3.05) is 5.32 Å². The number of ether oxygens (including phenoxy) is 2. The van der Waals surface area contributed by atoms with E-state index in [0.717, 1.165) is 24.3 Å². The Morgan fingerprint density at radius 3 is 2.18 bits per heavy atom. The number of benzene rings is 3. The molecular weight excluding hydrogens is 487 g/mol. The van der Waals surface area contributed by atoms with Crippen molar-refractivity contribution in [3.8, 4) is 17.2 Å². The van der Waals surface area contributed by atoms with Crippen molar-refractivity contribution in [3.63, 3.8) is 0 Å². The number of sulfonamides is 1. The number of hydrogen-bond acceptors (Lipinski definition) is 5. The number of carbonyl (C=O) groups is 1. The lowest BCUT2D eigenvalue weighted by Crippen LogP contribution is -2.16. The molecule has 0 aliphatic rings. The molecule has 0 aliphatic carbocycles. The Morgan fingerprint density at radius 1 is 0.941 bits per heavy atom. The molecule has 7 nitrogen and oxygen atoms in total. The van der Waals surface area contributed by atoms with Gasteiger partial charge < -0.3 is 14.8 Å². The van der Waals surface area contributed by atoms with Gasteiger partial charge in [0, 0.05) is 5.69 Å². The fraction of sp³-hybridized carbons (Fsp3) is 0.0952. The molecule has 0 atom stereocenters. The highest BCUT2D eigenvalue weighted by atomic mass is 32.2. The van der Waals surface area contributed by atoms with Crippen molar-refractivity contribution in [3.05, 3.63) is 77.9 Å². The van der Waals surface area contributed by atoms with Gasteiger partial charge in [-0.15, -0.1) is 0 Å². The van der Waals surface area contributed by atoms with Gasteiger partial charge in [-0.05, 0) is 60.7 Å². The fourth-order valence-corrected chi connectivity index (χ4v) is 3.30. The predicted molar refractivity (Wildman–Crippen MR) is 110 cm³/mol. The van der Waals surface area contributed by atoms with E-state index in [2.05, 4.69) is 10.1 Å². The summed E-state index contributed by atoms with van der Waals surface area (Å²) in [5.74, 6) is -1.48. The van der Waals surface area contributed by atoms with E-state index >= 15 is 0 Å². The minimum Gasteiger partial charge on any atom is -0.457 e. The van der Waals surface area contributed by atoms with Crippen LogP contribution in [-0.2, 0) is 16.2 Å². The van der Waals surface area contributed by atoms with Crippen LogP contribution in [0.1, 0.15) is 15.9 Å². The number of alkyl halides is 5. The van der Waals surface area contributed by atoms with Gasteiger partial charge >= 0.3 is 12.8 Å². The Morgan fingerprint density at radius 2 is 1.59 bits per heavy atom. The summed E-state index contributed by atoms with van der Waals surface area (Å²) in [5, 5.41) is 7.34. The molecule has 3 rings (SSSR count). The smallest absolute Gasteiger partial charge is 0.416 e. The fourth-order valence-electron chi connectivity index (χ4n) is 2.74. The van der Waals surface area contributed by atoms with Crippen LogP contribution >= 0.6 is 0 Å². The minimum absolute atomic E-state index is 0.0200.